The second kappa shape index (κ2) is 10.4. The number of benzene rings is 1. The number of ether oxygens (including phenoxy) is 1. The lowest BCUT2D eigenvalue weighted by Crippen LogP contribution is -2.33. The van der Waals surface area contributed by atoms with Crippen molar-refractivity contribution in [1.82, 2.24) is 4.90 Å². The molecule has 0 fully saturated rings. The lowest BCUT2D eigenvalue weighted by atomic mass is 10.1. The van der Waals surface area contributed by atoms with Gasteiger partial charge >= 0.3 is 0 Å². The first-order valence-electron chi connectivity index (χ1n) is 8.19. The van der Waals surface area contributed by atoms with Crippen LogP contribution in [0.2, 0.25) is 0 Å². The molecule has 0 radical (unpaired) electrons. The van der Waals surface area contributed by atoms with E-state index in [9.17, 15) is 5.11 Å². The highest BCUT2D eigenvalue weighted by Crippen LogP contribution is 2.15. The fraction of sp³-hybridized carbons (Fsp3) is 0.579. The topological polar surface area (TPSA) is 32.7 Å². The maximum Gasteiger partial charge on any atom is 0.118 e. The van der Waals surface area contributed by atoms with E-state index in [1.54, 1.807) is 7.11 Å². The van der Waals surface area contributed by atoms with Crippen molar-refractivity contribution in [3.8, 4) is 5.75 Å². The van der Waals surface area contributed by atoms with Gasteiger partial charge in [-0.3, -0.25) is 4.90 Å². The van der Waals surface area contributed by atoms with Crippen molar-refractivity contribution in [2.45, 2.75) is 45.8 Å². The summed E-state index contributed by atoms with van der Waals surface area (Å²) in [5.74, 6) is 1.55. The van der Waals surface area contributed by atoms with Gasteiger partial charge in [0.2, 0.25) is 0 Å². The predicted octanol–water partition coefficient (Wildman–Crippen LogP) is 3.87. The Kier molecular flexibility index (Phi) is 8.86. The average Bonchev–Trinajstić information content (AvgIpc) is 2.51. The molecule has 1 atom stereocenters. The molecule has 0 aliphatic rings. The Hall–Kier alpha value is -1.32. The Balaban J connectivity index is 2.60. The Bertz CT molecular complexity index is 414. The lowest BCUT2D eigenvalue weighted by Gasteiger charge is -2.26. The van der Waals surface area contributed by atoms with Crippen molar-refractivity contribution in [2.24, 2.45) is 5.92 Å². The maximum atomic E-state index is 10.2. The monoisotopic (exact) mass is 305 g/mol. The lowest BCUT2D eigenvalue weighted by molar-refractivity contribution is 0.0994. The second-order valence-corrected chi connectivity index (χ2v) is 6.29. The van der Waals surface area contributed by atoms with Crippen LogP contribution in [0.3, 0.4) is 0 Å². The van der Waals surface area contributed by atoms with Gasteiger partial charge in [-0.25, -0.2) is 0 Å². The maximum absolute atomic E-state index is 10.2. The Morgan fingerprint density at radius 3 is 2.45 bits per heavy atom. The first kappa shape index (κ1) is 18.7. The van der Waals surface area contributed by atoms with Crippen molar-refractivity contribution in [3.05, 3.63) is 42.5 Å². The molecular formula is C19H31NO2. The van der Waals surface area contributed by atoms with Crippen molar-refractivity contribution in [1.29, 1.82) is 0 Å². The van der Waals surface area contributed by atoms with Gasteiger partial charge in [-0.05, 0) is 49.4 Å². The molecule has 22 heavy (non-hydrogen) atoms. The number of allylic oxidation sites excluding steroid dienone is 1. The standard InChI is InChI=1S/C19H31NO2/c1-5-6-7-18(21)15-20(13-12-16(2)3)14-17-8-10-19(22-4)11-9-17/h5,8-11,16,18,21H,1,6-7,12-15H2,2-4H3. The molecule has 0 heterocycles. The van der Waals surface area contributed by atoms with Gasteiger partial charge in [0.25, 0.3) is 0 Å². The molecule has 0 amide bonds. The molecule has 0 saturated heterocycles. The molecule has 0 bridgehead atoms. The molecular weight excluding hydrogens is 274 g/mol. The average molecular weight is 305 g/mol. The van der Waals surface area contributed by atoms with E-state index in [4.69, 9.17) is 4.74 Å². The molecule has 1 N–H and O–H groups in total. The van der Waals surface area contributed by atoms with Crippen LogP contribution in [0.4, 0.5) is 0 Å². The molecule has 0 spiro atoms. The molecule has 1 aromatic rings. The van der Waals surface area contributed by atoms with E-state index < -0.39 is 0 Å². The number of hydrogen-bond donors (Lipinski definition) is 1. The van der Waals surface area contributed by atoms with Gasteiger partial charge in [-0.1, -0.05) is 32.1 Å². The number of rotatable bonds is 11. The van der Waals surface area contributed by atoms with E-state index in [1.807, 2.05) is 18.2 Å². The summed E-state index contributed by atoms with van der Waals surface area (Å²) >= 11 is 0. The number of hydrogen-bond acceptors (Lipinski definition) is 3. The van der Waals surface area contributed by atoms with Crippen molar-refractivity contribution in [2.75, 3.05) is 20.2 Å². The number of methoxy groups -OCH3 is 1. The fourth-order valence-corrected chi connectivity index (χ4v) is 2.36. The van der Waals surface area contributed by atoms with Crippen LogP contribution in [-0.4, -0.2) is 36.3 Å². The van der Waals surface area contributed by atoms with Crippen molar-refractivity contribution < 1.29 is 9.84 Å². The molecule has 3 nitrogen and oxygen atoms in total. The summed E-state index contributed by atoms with van der Waals surface area (Å²) in [5.41, 5.74) is 1.25. The highest BCUT2D eigenvalue weighted by Gasteiger charge is 2.12. The Morgan fingerprint density at radius 1 is 1.23 bits per heavy atom. The fourth-order valence-electron chi connectivity index (χ4n) is 2.36. The van der Waals surface area contributed by atoms with E-state index in [-0.39, 0.29) is 6.10 Å². The van der Waals surface area contributed by atoms with Gasteiger partial charge in [-0.2, -0.15) is 0 Å². The summed E-state index contributed by atoms with van der Waals surface area (Å²) in [7, 11) is 1.68. The van der Waals surface area contributed by atoms with E-state index in [0.717, 1.165) is 38.1 Å². The summed E-state index contributed by atoms with van der Waals surface area (Å²) < 4.78 is 5.20. The van der Waals surface area contributed by atoms with Crippen LogP contribution in [0.5, 0.6) is 5.75 Å². The highest BCUT2D eigenvalue weighted by atomic mass is 16.5. The second-order valence-electron chi connectivity index (χ2n) is 6.29. The minimum Gasteiger partial charge on any atom is -0.497 e. The quantitative estimate of drug-likeness (QED) is 0.630. The summed E-state index contributed by atoms with van der Waals surface area (Å²) in [5, 5.41) is 10.2. The summed E-state index contributed by atoms with van der Waals surface area (Å²) in [6, 6.07) is 8.17. The smallest absolute Gasteiger partial charge is 0.118 e. The van der Waals surface area contributed by atoms with E-state index in [0.29, 0.717) is 12.5 Å². The van der Waals surface area contributed by atoms with Crippen LogP contribution >= 0.6 is 0 Å². The molecule has 0 aliphatic carbocycles. The van der Waals surface area contributed by atoms with Crippen LogP contribution in [-0.2, 0) is 6.54 Å². The minimum absolute atomic E-state index is 0.289. The van der Waals surface area contributed by atoms with Gasteiger partial charge in [-0.15, -0.1) is 6.58 Å². The number of nitrogens with zero attached hydrogens (tertiary/aromatic N) is 1. The molecule has 0 aromatic heterocycles. The van der Waals surface area contributed by atoms with Crippen LogP contribution in [0.25, 0.3) is 0 Å². The van der Waals surface area contributed by atoms with Gasteiger partial charge in [0, 0.05) is 13.1 Å². The minimum atomic E-state index is -0.289. The third-order valence-electron chi connectivity index (χ3n) is 3.76. The zero-order chi connectivity index (χ0) is 16.4. The SMILES string of the molecule is C=CCCC(O)CN(CCC(C)C)Cc1ccc(OC)cc1. The third-order valence-corrected chi connectivity index (χ3v) is 3.76. The summed E-state index contributed by atoms with van der Waals surface area (Å²) in [6.07, 6.45) is 4.37. The van der Waals surface area contributed by atoms with E-state index in [1.165, 1.54) is 5.56 Å². The van der Waals surface area contributed by atoms with Gasteiger partial charge < -0.3 is 9.84 Å². The van der Waals surface area contributed by atoms with Crippen LogP contribution in [0.1, 0.15) is 38.7 Å². The van der Waals surface area contributed by atoms with Gasteiger partial charge in [0.15, 0.2) is 0 Å². The molecule has 3 heteroatoms. The van der Waals surface area contributed by atoms with Crippen molar-refractivity contribution in [3.63, 3.8) is 0 Å². The summed E-state index contributed by atoms with van der Waals surface area (Å²) in [4.78, 5) is 2.34. The first-order chi connectivity index (χ1) is 10.5. The summed E-state index contributed by atoms with van der Waals surface area (Å²) in [6.45, 7) is 10.8. The molecule has 0 saturated carbocycles. The van der Waals surface area contributed by atoms with Crippen LogP contribution in [0, 0.1) is 5.92 Å². The van der Waals surface area contributed by atoms with E-state index in [2.05, 4.69) is 37.5 Å². The van der Waals surface area contributed by atoms with Crippen molar-refractivity contribution >= 4 is 0 Å². The largest absolute Gasteiger partial charge is 0.497 e. The molecule has 1 rings (SSSR count). The van der Waals surface area contributed by atoms with Gasteiger partial charge in [0.1, 0.15) is 5.75 Å². The molecule has 0 aliphatic heterocycles. The first-order valence-corrected chi connectivity index (χ1v) is 8.19. The molecule has 124 valence electrons. The highest BCUT2D eigenvalue weighted by molar-refractivity contribution is 5.27. The molecule has 1 aromatic carbocycles. The van der Waals surface area contributed by atoms with Gasteiger partial charge in [0.05, 0.1) is 13.2 Å². The Labute approximate surface area is 135 Å². The zero-order valence-corrected chi connectivity index (χ0v) is 14.3. The molecule has 1 unspecified atom stereocenters. The number of aliphatic hydroxyl groups excluding tert-OH is 1. The number of aliphatic hydroxyl groups is 1. The Morgan fingerprint density at radius 2 is 1.91 bits per heavy atom. The van der Waals surface area contributed by atoms with Crippen LogP contribution in [0.15, 0.2) is 36.9 Å². The predicted molar refractivity (Wildman–Crippen MR) is 93.2 cm³/mol. The van der Waals surface area contributed by atoms with Crippen LogP contribution < -0.4 is 4.74 Å². The normalized spacial score (nSPS) is 12.6. The van der Waals surface area contributed by atoms with E-state index >= 15 is 0 Å². The zero-order valence-electron chi connectivity index (χ0n) is 14.3. The third kappa shape index (κ3) is 7.62.